The highest BCUT2D eigenvalue weighted by molar-refractivity contribution is 5.97. The largest absolute Gasteiger partial charge is 0.496 e. The summed E-state index contributed by atoms with van der Waals surface area (Å²) in [6.45, 7) is 2.77. The first-order valence-corrected chi connectivity index (χ1v) is 10.7. The van der Waals surface area contributed by atoms with Crippen molar-refractivity contribution in [3.8, 4) is 11.5 Å². The van der Waals surface area contributed by atoms with Crippen LogP contribution in [0.3, 0.4) is 0 Å². The molecule has 0 saturated carbocycles. The second-order valence-corrected chi connectivity index (χ2v) is 7.51. The van der Waals surface area contributed by atoms with Crippen molar-refractivity contribution in [3.05, 3.63) is 59.7 Å². The van der Waals surface area contributed by atoms with E-state index in [-0.39, 0.29) is 30.8 Å². The first-order chi connectivity index (χ1) is 15.1. The van der Waals surface area contributed by atoms with Crippen LogP contribution in [0.25, 0.3) is 0 Å². The Kier molecular flexibility index (Phi) is 8.29. The number of carbonyl (C=O) groups excluding carboxylic acids is 2. The number of benzene rings is 2. The van der Waals surface area contributed by atoms with Crippen molar-refractivity contribution in [2.24, 2.45) is 0 Å². The van der Waals surface area contributed by atoms with Gasteiger partial charge in [-0.3, -0.25) is 14.5 Å². The first-order valence-electron chi connectivity index (χ1n) is 10.7. The predicted octanol–water partition coefficient (Wildman–Crippen LogP) is 2.78. The average molecular weight is 426 g/mol. The van der Waals surface area contributed by atoms with E-state index in [0.29, 0.717) is 17.9 Å². The Morgan fingerprint density at radius 1 is 0.935 bits per heavy atom. The maximum Gasteiger partial charge on any atom is 0.255 e. The molecule has 2 amide bonds. The third-order valence-electron chi connectivity index (χ3n) is 5.56. The van der Waals surface area contributed by atoms with Crippen LogP contribution in [-0.4, -0.2) is 57.1 Å². The fourth-order valence-electron chi connectivity index (χ4n) is 3.95. The third kappa shape index (κ3) is 5.98. The van der Waals surface area contributed by atoms with Gasteiger partial charge in [0.2, 0.25) is 5.91 Å². The zero-order valence-electron chi connectivity index (χ0n) is 18.2. The Morgan fingerprint density at radius 2 is 1.58 bits per heavy atom. The lowest BCUT2D eigenvalue weighted by atomic mass is 10.0. The molecule has 7 nitrogen and oxygen atoms in total. The van der Waals surface area contributed by atoms with Gasteiger partial charge < -0.3 is 20.1 Å². The molecular formula is C24H31N3O4. The summed E-state index contributed by atoms with van der Waals surface area (Å²) < 4.78 is 10.8. The highest BCUT2D eigenvalue weighted by atomic mass is 16.5. The van der Waals surface area contributed by atoms with E-state index < -0.39 is 0 Å². The van der Waals surface area contributed by atoms with Crippen LogP contribution >= 0.6 is 0 Å². The van der Waals surface area contributed by atoms with Crippen molar-refractivity contribution < 1.29 is 19.1 Å². The molecule has 2 N–H and O–H groups in total. The monoisotopic (exact) mass is 425 g/mol. The van der Waals surface area contributed by atoms with E-state index in [1.54, 1.807) is 25.3 Å². The lowest BCUT2D eigenvalue weighted by Gasteiger charge is -2.29. The van der Waals surface area contributed by atoms with Gasteiger partial charge in [0.15, 0.2) is 0 Å². The van der Waals surface area contributed by atoms with E-state index in [1.165, 1.54) is 7.11 Å². The summed E-state index contributed by atoms with van der Waals surface area (Å²) >= 11 is 0. The van der Waals surface area contributed by atoms with E-state index in [0.717, 1.165) is 37.2 Å². The number of nitrogens with one attached hydrogen (secondary N) is 2. The number of nitrogens with zero attached hydrogens (tertiary/aromatic N) is 1. The molecule has 0 radical (unpaired) electrons. The summed E-state index contributed by atoms with van der Waals surface area (Å²) in [4.78, 5) is 27.2. The van der Waals surface area contributed by atoms with Gasteiger partial charge in [-0.2, -0.15) is 0 Å². The van der Waals surface area contributed by atoms with E-state index in [1.807, 2.05) is 24.3 Å². The van der Waals surface area contributed by atoms with Crippen LogP contribution < -0.4 is 20.1 Å². The number of methoxy groups -OCH3 is 2. The van der Waals surface area contributed by atoms with Crippen LogP contribution in [0.1, 0.15) is 41.2 Å². The molecule has 1 heterocycles. The second kappa shape index (κ2) is 11.4. The molecule has 166 valence electrons. The molecule has 31 heavy (non-hydrogen) atoms. The van der Waals surface area contributed by atoms with E-state index in [9.17, 15) is 9.59 Å². The number of carbonyl (C=O) groups is 2. The standard InChI is InChI=1S/C24H31N3O4/c1-30-21-11-5-3-9-18(21)20(27-15-7-8-16-27)17-26-23(28)13-14-25-24(29)19-10-4-6-12-22(19)31-2/h3-6,9-12,20H,7-8,13-17H2,1-2H3,(H,25,29)(H,26,28)/t20-/m1/s1. The van der Waals surface area contributed by atoms with Gasteiger partial charge in [-0.15, -0.1) is 0 Å². The first kappa shape index (κ1) is 22.6. The Labute approximate surface area is 183 Å². The molecule has 2 aromatic rings. The summed E-state index contributed by atoms with van der Waals surface area (Å²) in [5, 5.41) is 5.82. The van der Waals surface area contributed by atoms with Gasteiger partial charge in [0.05, 0.1) is 25.8 Å². The van der Waals surface area contributed by atoms with Crippen LogP contribution in [0.2, 0.25) is 0 Å². The summed E-state index contributed by atoms with van der Waals surface area (Å²) in [6, 6.07) is 15.0. The smallest absolute Gasteiger partial charge is 0.255 e. The number of ether oxygens (including phenoxy) is 2. The fourth-order valence-corrected chi connectivity index (χ4v) is 3.95. The van der Waals surface area contributed by atoms with Crippen LogP contribution in [0.5, 0.6) is 11.5 Å². The summed E-state index contributed by atoms with van der Waals surface area (Å²) in [6.07, 6.45) is 2.53. The lowest BCUT2D eigenvalue weighted by molar-refractivity contribution is -0.121. The molecular weight excluding hydrogens is 394 g/mol. The number of para-hydroxylation sites is 2. The lowest BCUT2D eigenvalue weighted by Crippen LogP contribution is -2.38. The van der Waals surface area contributed by atoms with Gasteiger partial charge in [0, 0.05) is 25.1 Å². The minimum Gasteiger partial charge on any atom is -0.496 e. The number of hydrogen-bond donors (Lipinski definition) is 2. The highest BCUT2D eigenvalue weighted by Gasteiger charge is 2.26. The second-order valence-electron chi connectivity index (χ2n) is 7.51. The molecule has 1 fully saturated rings. The highest BCUT2D eigenvalue weighted by Crippen LogP contribution is 2.31. The topological polar surface area (TPSA) is 79.9 Å². The van der Waals surface area contributed by atoms with Crippen molar-refractivity contribution in [2.75, 3.05) is 40.4 Å². The van der Waals surface area contributed by atoms with E-state index in [4.69, 9.17) is 9.47 Å². The average Bonchev–Trinajstić information content (AvgIpc) is 3.34. The summed E-state index contributed by atoms with van der Waals surface area (Å²) in [7, 11) is 3.20. The molecule has 1 aliphatic rings. The minimum atomic E-state index is -0.255. The third-order valence-corrected chi connectivity index (χ3v) is 5.56. The summed E-state index contributed by atoms with van der Waals surface area (Å²) in [5.74, 6) is 0.987. The van der Waals surface area contributed by atoms with Gasteiger partial charge >= 0.3 is 0 Å². The molecule has 0 unspecified atom stereocenters. The van der Waals surface area contributed by atoms with Crippen LogP contribution in [0, 0.1) is 0 Å². The fraction of sp³-hybridized carbons (Fsp3) is 0.417. The van der Waals surface area contributed by atoms with Crippen molar-refractivity contribution >= 4 is 11.8 Å². The Hall–Kier alpha value is -3.06. The molecule has 1 saturated heterocycles. The molecule has 0 aliphatic carbocycles. The zero-order valence-corrected chi connectivity index (χ0v) is 18.2. The number of hydrogen-bond acceptors (Lipinski definition) is 5. The zero-order chi connectivity index (χ0) is 22.1. The maximum atomic E-state index is 12.5. The quantitative estimate of drug-likeness (QED) is 0.612. The van der Waals surface area contributed by atoms with Crippen LogP contribution in [0.15, 0.2) is 48.5 Å². The van der Waals surface area contributed by atoms with Gasteiger partial charge in [0.25, 0.3) is 5.91 Å². The van der Waals surface area contributed by atoms with Crippen molar-refractivity contribution in [2.45, 2.75) is 25.3 Å². The van der Waals surface area contributed by atoms with Crippen molar-refractivity contribution in [1.29, 1.82) is 0 Å². The molecule has 0 aromatic heterocycles. The van der Waals surface area contributed by atoms with E-state index >= 15 is 0 Å². The van der Waals surface area contributed by atoms with Gasteiger partial charge in [-0.25, -0.2) is 0 Å². The Bertz CT molecular complexity index is 881. The van der Waals surface area contributed by atoms with Crippen molar-refractivity contribution in [3.63, 3.8) is 0 Å². The predicted molar refractivity (Wildman–Crippen MR) is 119 cm³/mol. The van der Waals surface area contributed by atoms with Gasteiger partial charge in [0.1, 0.15) is 11.5 Å². The van der Waals surface area contributed by atoms with E-state index in [2.05, 4.69) is 21.6 Å². The molecule has 3 rings (SSSR count). The number of likely N-dealkylation sites (tertiary alicyclic amines) is 1. The maximum absolute atomic E-state index is 12.5. The number of rotatable bonds is 10. The normalized spacial score (nSPS) is 14.6. The van der Waals surface area contributed by atoms with Gasteiger partial charge in [-0.1, -0.05) is 30.3 Å². The summed E-state index contributed by atoms with van der Waals surface area (Å²) in [5.41, 5.74) is 1.53. The molecule has 7 heteroatoms. The minimum absolute atomic E-state index is 0.0609. The molecule has 0 bridgehead atoms. The molecule has 2 aromatic carbocycles. The molecule has 1 atom stereocenters. The molecule has 1 aliphatic heterocycles. The van der Waals surface area contributed by atoms with Gasteiger partial charge in [-0.05, 0) is 44.1 Å². The molecule has 0 spiro atoms. The Balaban J connectivity index is 1.53. The number of amides is 2. The van der Waals surface area contributed by atoms with Crippen LogP contribution in [0.4, 0.5) is 0 Å². The Morgan fingerprint density at radius 3 is 2.29 bits per heavy atom. The SMILES string of the molecule is COc1ccccc1C(=O)NCCC(=O)NC[C@H](c1ccccc1OC)N1CCCC1. The van der Waals surface area contributed by atoms with Crippen molar-refractivity contribution in [1.82, 2.24) is 15.5 Å². The van der Waals surface area contributed by atoms with Crippen LogP contribution in [-0.2, 0) is 4.79 Å².